The molecule has 0 saturated carbocycles. The van der Waals surface area contributed by atoms with Gasteiger partial charge < -0.3 is 14.2 Å². The maximum absolute atomic E-state index is 13.6. The Bertz CT molecular complexity index is 1100. The van der Waals surface area contributed by atoms with Gasteiger partial charge in [0.2, 0.25) is 0 Å². The molecular weight excluding hydrogens is 430 g/mol. The molecule has 8 heteroatoms. The number of aryl methyl sites for hydroxylation is 1. The molecule has 1 amide bonds. The van der Waals surface area contributed by atoms with Crippen molar-refractivity contribution in [1.82, 2.24) is 9.47 Å². The summed E-state index contributed by atoms with van der Waals surface area (Å²) in [6, 6.07) is 7.98. The topological polar surface area (TPSA) is 54.8 Å². The van der Waals surface area contributed by atoms with Crippen molar-refractivity contribution >= 4 is 56.9 Å². The summed E-state index contributed by atoms with van der Waals surface area (Å²) in [5, 5.41) is 1.01. The third-order valence-electron chi connectivity index (χ3n) is 5.71. The number of thiocarbonyl (C=S) groups is 1. The molecule has 6 nitrogen and oxygen atoms in total. The van der Waals surface area contributed by atoms with Crippen LogP contribution in [0.2, 0.25) is 0 Å². The Kier molecular flexibility index (Phi) is 6.79. The molecule has 2 fully saturated rings. The van der Waals surface area contributed by atoms with Crippen LogP contribution in [-0.4, -0.2) is 52.5 Å². The highest BCUT2D eigenvalue weighted by molar-refractivity contribution is 8.26. The molecule has 0 unspecified atom stereocenters. The van der Waals surface area contributed by atoms with Gasteiger partial charge in [-0.3, -0.25) is 14.5 Å². The number of para-hydroxylation sites is 1. The minimum Gasteiger partial charge on any atom is -0.378 e. The maximum atomic E-state index is 13.6. The molecule has 2 aromatic rings. The average Bonchev–Trinajstić information content (AvgIpc) is 3.06. The predicted octanol–water partition coefficient (Wildman–Crippen LogP) is 3.86. The molecule has 2 aliphatic heterocycles. The normalized spacial score (nSPS) is 18.6. The van der Waals surface area contributed by atoms with Crippen molar-refractivity contribution in [3.8, 4) is 0 Å². The Morgan fingerprint density at radius 1 is 1.16 bits per heavy atom. The van der Waals surface area contributed by atoms with Gasteiger partial charge in [-0.25, -0.2) is 0 Å². The lowest BCUT2D eigenvalue weighted by Gasteiger charge is -2.31. The second-order valence-corrected chi connectivity index (χ2v) is 9.29. The number of carbonyl (C=O) groups excluding carboxylic acids is 1. The van der Waals surface area contributed by atoms with E-state index in [1.54, 1.807) is 15.5 Å². The number of fused-ring (bicyclic) bond motifs is 1. The Balaban J connectivity index is 1.90. The first-order valence-electron chi connectivity index (χ1n) is 10.8. The first kappa shape index (κ1) is 22.0. The molecule has 0 N–H and O–H groups in total. The maximum Gasteiger partial charge on any atom is 0.266 e. The van der Waals surface area contributed by atoms with Gasteiger partial charge in [-0.2, -0.15) is 0 Å². The molecule has 0 aliphatic carbocycles. The van der Waals surface area contributed by atoms with Crippen LogP contribution in [0.3, 0.4) is 0 Å². The second kappa shape index (κ2) is 9.54. The molecule has 2 saturated heterocycles. The van der Waals surface area contributed by atoms with Crippen LogP contribution in [0.25, 0.3) is 17.0 Å². The molecule has 31 heavy (non-hydrogen) atoms. The average molecular weight is 458 g/mol. The minimum atomic E-state index is -0.105. The predicted molar refractivity (Wildman–Crippen MR) is 132 cm³/mol. The van der Waals surface area contributed by atoms with Crippen molar-refractivity contribution < 1.29 is 9.53 Å². The zero-order chi connectivity index (χ0) is 22.0. The fourth-order valence-electron chi connectivity index (χ4n) is 4.12. The van der Waals surface area contributed by atoms with E-state index in [-0.39, 0.29) is 11.5 Å². The first-order valence-corrected chi connectivity index (χ1v) is 12.0. The van der Waals surface area contributed by atoms with Gasteiger partial charge in [0, 0.05) is 31.6 Å². The van der Waals surface area contributed by atoms with Gasteiger partial charge in [-0.1, -0.05) is 55.5 Å². The molecular formula is C23H27N3O3S2. The summed E-state index contributed by atoms with van der Waals surface area (Å²) in [6.45, 7) is 7.87. The van der Waals surface area contributed by atoms with E-state index in [2.05, 4.69) is 17.9 Å². The van der Waals surface area contributed by atoms with Crippen LogP contribution >= 0.6 is 24.0 Å². The number of hydrogen-bond donors (Lipinski definition) is 0. The summed E-state index contributed by atoms with van der Waals surface area (Å²) >= 11 is 6.75. The van der Waals surface area contributed by atoms with E-state index in [0.29, 0.717) is 54.2 Å². The molecule has 2 aliphatic rings. The first-order chi connectivity index (χ1) is 15.1. The number of thioether (sulfide) groups is 1. The second-order valence-electron chi connectivity index (χ2n) is 7.62. The molecule has 1 aromatic carbocycles. The van der Waals surface area contributed by atoms with Gasteiger partial charge in [-0.15, -0.1) is 0 Å². The van der Waals surface area contributed by atoms with E-state index in [1.807, 2.05) is 25.1 Å². The molecule has 0 atom stereocenters. The van der Waals surface area contributed by atoms with E-state index in [1.165, 1.54) is 11.8 Å². The Hall–Kier alpha value is -2.16. The van der Waals surface area contributed by atoms with Crippen molar-refractivity contribution in [2.24, 2.45) is 0 Å². The number of carbonyl (C=O) groups is 1. The monoisotopic (exact) mass is 457 g/mol. The van der Waals surface area contributed by atoms with Crippen molar-refractivity contribution in [2.75, 3.05) is 37.7 Å². The van der Waals surface area contributed by atoms with Crippen molar-refractivity contribution in [3.05, 3.63) is 45.1 Å². The molecule has 3 heterocycles. The van der Waals surface area contributed by atoms with Gasteiger partial charge in [0.05, 0.1) is 34.9 Å². The Labute approximate surface area is 191 Å². The summed E-state index contributed by atoms with van der Waals surface area (Å²) in [5.41, 5.74) is 2.26. The van der Waals surface area contributed by atoms with Crippen LogP contribution in [0.15, 0.2) is 34.0 Å². The van der Waals surface area contributed by atoms with Crippen LogP contribution in [0.5, 0.6) is 0 Å². The van der Waals surface area contributed by atoms with Crippen LogP contribution < -0.4 is 10.5 Å². The number of ether oxygens (including phenoxy) is 1. The number of morpholine rings is 1. The number of pyridine rings is 1. The standard InChI is InChI=1S/C23H27N3O3S2/c1-3-5-10-26-22(28)19(31-23(26)30)15-17-20(24-11-13-29-14-12-24)16-8-6-7-9-18(16)25(4-2)21(17)27/h6-9,15H,3-5,10-14H2,1-2H3. The summed E-state index contributed by atoms with van der Waals surface area (Å²) in [5.74, 6) is -0.105. The fraction of sp³-hybridized carbons (Fsp3) is 0.435. The van der Waals surface area contributed by atoms with E-state index < -0.39 is 0 Å². The van der Waals surface area contributed by atoms with E-state index >= 15 is 0 Å². The third-order valence-corrected chi connectivity index (χ3v) is 7.09. The number of unbranched alkanes of at least 4 members (excludes halogenated alkanes) is 1. The van der Waals surface area contributed by atoms with Gasteiger partial charge in [0.15, 0.2) is 0 Å². The van der Waals surface area contributed by atoms with E-state index in [0.717, 1.165) is 29.4 Å². The molecule has 0 radical (unpaired) electrons. The Morgan fingerprint density at radius 3 is 2.61 bits per heavy atom. The summed E-state index contributed by atoms with van der Waals surface area (Å²) in [7, 11) is 0. The van der Waals surface area contributed by atoms with Gasteiger partial charge in [0.25, 0.3) is 11.5 Å². The van der Waals surface area contributed by atoms with Crippen molar-refractivity contribution in [1.29, 1.82) is 0 Å². The van der Waals surface area contributed by atoms with Gasteiger partial charge in [0.1, 0.15) is 4.32 Å². The SMILES string of the molecule is CCCCN1C(=O)C(=Cc2c(N3CCOCC3)c3ccccc3n(CC)c2=O)SC1=S. The van der Waals surface area contributed by atoms with Crippen molar-refractivity contribution in [3.63, 3.8) is 0 Å². The minimum absolute atomic E-state index is 0.0819. The lowest BCUT2D eigenvalue weighted by atomic mass is 10.1. The van der Waals surface area contributed by atoms with Crippen molar-refractivity contribution in [2.45, 2.75) is 33.2 Å². The zero-order valence-electron chi connectivity index (χ0n) is 17.9. The molecule has 0 spiro atoms. The highest BCUT2D eigenvalue weighted by Gasteiger charge is 2.32. The van der Waals surface area contributed by atoms with E-state index in [9.17, 15) is 9.59 Å². The van der Waals surface area contributed by atoms with Crippen LogP contribution in [-0.2, 0) is 16.1 Å². The fourth-order valence-corrected chi connectivity index (χ4v) is 5.41. The number of rotatable bonds is 6. The van der Waals surface area contributed by atoms with E-state index in [4.69, 9.17) is 17.0 Å². The summed E-state index contributed by atoms with van der Waals surface area (Å²) in [6.07, 6.45) is 3.65. The lowest BCUT2D eigenvalue weighted by Crippen LogP contribution is -2.38. The number of aromatic nitrogens is 1. The highest BCUT2D eigenvalue weighted by Crippen LogP contribution is 2.36. The number of anilines is 1. The largest absolute Gasteiger partial charge is 0.378 e. The van der Waals surface area contributed by atoms with Crippen LogP contribution in [0.1, 0.15) is 32.3 Å². The van der Waals surface area contributed by atoms with Gasteiger partial charge >= 0.3 is 0 Å². The number of hydrogen-bond acceptors (Lipinski definition) is 6. The van der Waals surface area contributed by atoms with Crippen LogP contribution in [0, 0.1) is 0 Å². The quantitative estimate of drug-likeness (QED) is 0.485. The summed E-state index contributed by atoms with van der Waals surface area (Å²) < 4.78 is 7.89. The number of benzene rings is 1. The molecule has 4 rings (SSSR count). The molecule has 1 aromatic heterocycles. The van der Waals surface area contributed by atoms with Gasteiger partial charge in [-0.05, 0) is 25.5 Å². The highest BCUT2D eigenvalue weighted by atomic mass is 32.2. The zero-order valence-corrected chi connectivity index (χ0v) is 19.6. The lowest BCUT2D eigenvalue weighted by molar-refractivity contribution is -0.122. The molecule has 164 valence electrons. The Morgan fingerprint density at radius 2 is 1.90 bits per heavy atom. The molecule has 0 bridgehead atoms. The number of amides is 1. The van der Waals surface area contributed by atoms with Crippen LogP contribution in [0.4, 0.5) is 5.69 Å². The third kappa shape index (κ3) is 4.16. The smallest absolute Gasteiger partial charge is 0.266 e. The summed E-state index contributed by atoms with van der Waals surface area (Å²) in [4.78, 5) is 31.0. The number of nitrogens with zero attached hydrogens (tertiary/aromatic N) is 3.